The molecule has 3 aliphatic rings. The van der Waals surface area contributed by atoms with Gasteiger partial charge in [-0.1, -0.05) is 19.3 Å². The summed E-state index contributed by atoms with van der Waals surface area (Å²) >= 11 is 0. The second-order valence-electron chi connectivity index (χ2n) is 6.03. The number of hydrogen-bond donors (Lipinski definition) is 1. The average molecular weight is 266 g/mol. The standard InChI is InChI=1S/C14H22N2O3/c17-13(15-11-6-7-11)12-9-19-14(18)16(12)8-10-4-2-1-3-5-10/h10-12H,1-9H2,(H,15,17)/t12-/m0/s1. The maximum atomic E-state index is 12.1. The zero-order chi connectivity index (χ0) is 13.2. The molecule has 1 atom stereocenters. The molecule has 0 unspecified atom stereocenters. The van der Waals surface area contributed by atoms with Gasteiger partial charge in [0.15, 0.2) is 0 Å². The lowest BCUT2D eigenvalue weighted by molar-refractivity contribution is -0.125. The summed E-state index contributed by atoms with van der Waals surface area (Å²) in [6, 6.07) is -0.0743. The van der Waals surface area contributed by atoms with Crippen molar-refractivity contribution >= 4 is 12.0 Å². The van der Waals surface area contributed by atoms with Crippen molar-refractivity contribution in [3.8, 4) is 0 Å². The molecule has 106 valence electrons. The van der Waals surface area contributed by atoms with E-state index in [-0.39, 0.29) is 18.6 Å². The number of cyclic esters (lactones) is 1. The van der Waals surface area contributed by atoms with E-state index < -0.39 is 6.04 Å². The van der Waals surface area contributed by atoms with Gasteiger partial charge in [0.05, 0.1) is 0 Å². The number of nitrogens with zero attached hydrogens (tertiary/aromatic N) is 1. The van der Waals surface area contributed by atoms with Crippen molar-refractivity contribution in [3.63, 3.8) is 0 Å². The smallest absolute Gasteiger partial charge is 0.410 e. The highest BCUT2D eigenvalue weighted by Gasteiger charge is 2.40. The zero-order valence-electron chi connectivity index (χ0n) is 11.3. The van der Waals surface area contributed by atoms with Crippen molar-refractivity contribution in [2.45, 2.75) is 57.0 Å². The SMILES string of the molecule is O=C(NC1CC1)[C@@H]1COC(=O)N1CC1CCCCC1. The number of nitrogens with one attached hydrogen (secondary N) is 1. The molecule has 1 aliphatic heterocycles. The van der Waals surface area contributed by atoms with Crippen LogP contribution in [-0.2, 0) is 9.53 Å². The molecule has 2 saturated carbocycles. The Balaban J connectivity index is 1.58. The molecule has 0 spiro atoms. The maximum absolute atomic E-state index is 12.1. The van der Waals surface area contributed by atoms with Crippen LogP contribution in [-0.4, -0.2) is 42.1 Å². The van der Waals surface area contributed by atoms with Crippen LogP contribution in [0.1, 0.15) is 44.9 Å². The average Bonchev–Trinajstić information content (AvgIpc) is 3.15. The lowest BCUT2D eigenvalue weighted by Gasteiger charge is -2.28. The van der Waals surface area contributed by atoms with Gasteiger partial charge in [0.2, 0.25) is 5.91 Å². The van der Waals surface area contributed by atoms with Gasteiger partial charge in [-0.3, -0.25) is 9.69 Å². The highest BCUT2D eigenvalue weighted by molar-refractivity contribution is 5.88. The molecule has 3 fully saturated rings. The van der Waals surface area contributed by atoms with Crippen LogP contribution >= 0.6 is 0 Å². The van der Waals surface area contributed by atoms with Crippen LogP contribution in [0.25, 0.3) is 0 Å². The number of carbonyl (C=O) groups is 2. The first-order valence-electron chi connectivity index (χ1n) is 7.48. The minimum absolute atomic E-state index is 0.0378. The summed E-state index contributed by atoms with van der Waals surface area (Å²) in [6.07, 6.45) is 7.93. The zero-order valence-corrected chi connectivity index (χ0v) is 11.3. The van der Waals surface area contributed by atoms with Gasteiger partial charge in [-0.25, -0.2) is 4.79 Å². The lowest BCUT2D eigenvalue weighted by atomic mass is 9.89. The third kappa shape index (κ3) is 3.01. The summed E-state index contributed by atoms with van der Waals surface area (Å²) in [5.74, 6) is 0.500. The van der Waals surface area contributed by atoms with Crippen molar-refractivity contribution in [2.75, 3.05) is 13.2 Å². The van der Waals surface area contributed by atoms with Crippen molar-refractivity contribution < 1.29 is 14.3 Å². The van der Waals surface area contributed by atoms with E-state index in [0.29, 0.717) is 18.5 Å². The Morgan fingerprint density at radius 2 is 1.95 bits per heavy atom. The van der Waals surface area contributed by atoms with Crippen molar-refractivity contribution in [1.82, 2.24) is 10.2 Å². The second-order valence-corrected chi connectivity index (χ2v) is 6.03. The fraction of sp³-hybridized carbons (Fsp3) is 0.857. The van der Waals surface area contributed by atoms with E-state index in [9.17, 15) is 9.59 Å². The van der Waals surface area contributed by atoms with Crippen LogP contribution in [0, 0.1) is 5.92 Å². The number of ether oxygens (including phenoxy) is 1. The van der Waals surface area contributed by atoms with Gasteiger partial charge in [-0.2, -0.15) is 0 Å². The lowest BCUT2D eigenvalue weighted by Crippen LogP contribution is -2.48. The number of hydrogen-bond acceptors (Lipinski definition) is 3. The topological polar surface area (TPSA) is 58.6 Å². The molecule has 0 bridgehead atoms. The van der Waals surface area contributed by atoms with Crippen LogP contribution in [0.3, 0.4) is 0 Å². The summed E-state index contributed by atoms with van der Waals surface area (Å²) in [6.45, 7) is 0.895. The van der Waals surface area contributed by atoms with E-state index in [0.717, 1.165) is 12.8 Å². The minimum atomic E-state index is -0.407. The van der Waals surface area contributed by atoms with Gasteiger partial charge >= 0.3 is 6.09 Å². The summed E-state index contributed by atoms with van der Waals surface area (Å²) in [4.78, 5) is 25.5. The first-order valence-corrected chi connectivity index (χ1v) is 7.48. The molecule has 19 heavy (non-hydrogen) atoms. The Kier molecular flexibility index (Phi) is 3.62. The molecule has 1 N–H and O–H groups in total. The van der Waals surface area contributed by atoms with Crippen molar-refractivity contribution in [3.05, 3.63) is 0 Å². The van der Waals surface area contributed by atoms with E-state index in [1.165, 1.54) is 32.1 Å². The first-order chi connectivity index (χ1) is 9.24. The molecule has 0 radical (unpaired) electrons. The molecule has 3 rings (SSSR count). The second kappa shape index (κ2) is 5.39. The van der Waals surface area contributed by atoms with Gasteiger partial charge in [-0.15, -0.1) is 0 Å². The van der Waals surface area contributed by atoms with Crippen molar-refractivity contribution in [1.29, 1.82) is 0 Å². The Morgan fingerprint density at radius 1 is 1.21 bits per heavy atom. The fourth-order valence-corrected chi connectivity index (χ4v) is 3.04. The Hall–Kier alpha value is -1.26. The van der Waals surface area contributed by atoms with E-state index in [1.54, 1.807) is 4.90 Å². The van der Waals surface area contributed by atoms with Gasteiger partial charge in [0.25, 0.3) is 0 Å². The van der Waals surface area contributed by atoms with Crippen LogP contribution in [0.5, 0.6) is 0 Å². The van der Waals surface area contributed by atoms with E-state index in [4.69, 9.17) is 4.74 Å². The first kappa shape index (κ1) is 12.8. The molecular formula is C14H22N2O3. The van der Waals surface area contributed by atoms with Gasteiger partial charge < -0.3 is 10.1 Å². The maximum Gasteiger partial charge on any atom is 0.410 e. The summed E-state index contributed by atoms with van der Waals surface area (Å²) in [5.41, 5.74) is 0. The predicted octanol–water partition coefficient (Wildman–Crippen LogP) is 1.67. The normalized spacial score (nSPS) is 28.3. The largest absolute Gasteiger partial charge is 0.447 e. The fourth-order valence-electron chi connectivity index (χ4n) is 3.04. The molecule has 1 heterocycles. The molecule has 5 heteroatoms. The number of carbonyl (C=O) groups excluding carboxylic acids is 2. The Bertz CT molecular complexity index is 362. The molecule has 5 nitrogen and oxygen atoms in total. The minimum Gasteiger partial charge on any atom is -0.447 e. The molecule has 0 aromatic rings. The van der Waals surface area contributed by atoms with Crippen molar-refractivity contribution in [2.24, 2.45) is 5.92 Å². The molecule has 0 aromatic heterocycles. The molecule has 0 aromatic carbocycles. The number of amides is 2. The third-order valence-electron chi connectivity index (χ3n) is 4.38. The highest BCUT2D eigenvalue weighted by atomic mass is 16.6. The Morgan fingerprint density at radius 3 is 2.63 bits per heavy atom. The summed E-state index contributed by atoms with van der Waals surface area (Å²) in [7, 11) is 0. The molecular weight excluding hydrogens is 244 g/mol. The Labute approximate surface area is 113 Å². The van der Waals surface area contributed by atoms with Crippen LogP contribution in [0.4, 0.5) is 4.79 Å². The molecule has 2 amide bonds. The number of rotatable bonds is 4. The highest BCUT2D eigenvalue weighted by Crippen LogP contribution is 2.27. The molecule has 2 aliphatic carbocycles. The van der Waals surface area contributed by atoms with E-state index in [1.807, 2.05) is 0 Å². The predicted molar refractivity (Wildman–Crippen MR) is 69.6 cm³/mol. The van der Waals surface area contributed by atoms with Gasteiger partial charge in [0, 0.05) is 12.6 Å². The van der Waals surface area contributed by atoms with E-state index in [2.05, 4.69) is 5.32 Å². The summed E-state index contributed by atoms with van der Waals surface area (Å²) < 4.78 is 5.07. The third-order valence-corrected chi connectivity index (χ3v) is 4.38. The van der Waals surface area contributed by atoms with Gasteiger partial charge in [0.1, 0.15) is 12.6 Å². The molecule has 1 saturated heterocycles. The quantitative estimate of drug-likeness (QED) is 0.842. The van der Waals surface area contributed by atoms with Crippen LogP contribution in [0.2, 0.25) is 0 Å². The van der Waals surface area contributed by atoms with Gasteiger partial charge in [-0.05, 0) is 31.6 Å². The van der Waals surface area contributed by atoms with Crippen LogP contribution in [0.15, 0.2) is 0 Å². The van der Waals surface area contributed by atoms with E-state index >= 15 is 0 Å². The summed E-state index contributed by atoms with van der Waals surface area (Å²) in [5, 5.41) is 2.97. The van der Waals surface area contributed by atoms with Crippen LogP contribution < -0.4 is 5.32 Å². The monoisotopic (exact) mass is 266 g/mol.